The van der Waals surface area contributed by atoms with Crippen molar-refractivity contribution in [3.8, 4) is 17.2 Å². The zero-order chi connectivity index (χ0) is 27.9. The molecule has 0 bridgehead atoms. The third kappa shape index (κ3) is 6.25. The normalized spacial score (nSPS) is 16.5. The number of rotatable bonds is 11. The highest BCUT2D eigenvalue weighted by Crippen LogP contribution is 2.42. The summed E-state index contributed by atoms with van der Waals surface area (Å²) >= 11 is 0. The molecule has 1 amide bonds. The van der Waals surface area contributed by atoms with Crippen molar-refractivity contribution in [2.45, 2.75) is 39.8 Å². The summed E-state index contributed by atoms with van der Waals surface area (Å²) in [5.74, 6) is 0.309. The van der Waals surface area contributed by atoms with Crippen molar-refractivity contribution in [1.82, 2.24) is 4.90 Å². The van der Waals surface area contributed by atoms with E-state index in [0.29, 0.717) is 60.5 Å². The number of nitrogens with zero attached hydrogens (tertiary/aromatic N) is 1. The molecular weight excluding hydrogens is 494 g/mol. The Bertz CT molecular complexity index is 1350. The first kappa shape index (κ1) is 27.8. The van der Waals surface area contributed by atoms with Crippen LogP contribution >= 0.6 is 0 Å². The molecule has 1 unspecified atom stereocenters. The van der Waals surface area contributed by atoms with Gasteiger partial charge in [0.2, 0.25) is 0 Å². The van der Waals surface area contributed by atoms with Crippen LogP contribution in [-0.4, -0.2) is 42.0 Å². The van der Waals surface area contributed by atoms with Crippen LogP contribution < -0.4 is 14.2 Å². The molecule has 3 aromatic carbocycles. The second kappa shape index (κ2) is 12.5. The SMILES string of the molecule is CCCN1C(=O)C(=O)/C(=C(\O)c2cccc(OCC(C)C)c2)C1c1ccc(OCc2ccccc2)c(OC)c1. The number of ether oxygens (including phenoxy) is 3. The monoisotopic (exact) mass is 529 g/mol. The molecule has 0 spiro atoms. The summed E-state index contributed by atoms with van der Waals surface area (Å²) < 4.78 is 17.4. The van der Waals surface area contributed by atoms with E-state index in [1.54, 1.807) is 49.6 Å². The van der Waals surface area contributed by atoms with Gasteiger partial charge in [0.15, 0.2) is 11.5 Å². The van der Waals surface area contributed by atoms with Crippen LogP contribution in [0.25, 0.3) is 5.76 Å². The Kier molecular flexibility index (Phi) is 8.92. The molecule has 7 nitrogen and oxygen atoms in total. The van der Waals surface area contributed by atoms with Gasteiger partial charge in [0.05, 0.1) is 25.3 Å². The van der Waals surface area contributed by atoms with Gasteiger partial charge in [-0.3, -0.25) is 9.59 Å². The molecule has 39 heavy (non-hydrogen) atoms. The van der Waals surface area contributed by atoms with Crippen molar-refractivity contribution in [3.63, 3.8) is 0 Å². The van der Waals surface area contributed by atoms with Gasteiger partial charge in [0, 0.05) is 12.1 Å². The summed E-state index contributed by atoms with van der Waals surface area (Å²) in [6.45, 7) is 7.27. The van der Waals surface area contributed by atoms with Crippen molar-refractivity contribution in [2.24, 2.45) is 5.92 Å². The maximum absolute atomic E-state index is 13.3. The van der Waals surface area contributed by atoms with Gasteiger partial charge in [0.25, 0.3) is 11.7 Å². The molecule has 1 heterocycles. The zero-order valence-electron chi connectivity index (χ0n) is 22.8. The first-order valence-electron chi connectivity index (χ1n) is 13.2. The third-order valence-corrected chi connectivity index (χ3v) is 6.44. The molecule has 0 aromatic heterocycles. The number of hydrogen-bond acceptors (Lipinski definition) is 6. The maximum Gasteiger partial charge on any atom is 0.295 e. The summed E-state index contributed by atoms with van der Waals surface area (Å²) in [5.41, 5.74) is 2.10. The molecular formula is C32H35NO6. The lowest BCUT2D eigenvalue weighted by Gasteiger charge is -2.25. The standard InChI is InChI=1S/C32H35NO6/c1-5-16-33-29(23-14-15-26(27(18-23)37-4)39-20-22-10-7-6-8-11-22)28(31(35)32(33)36)30(34)24-12-9-13-25(17-24)38-19-21(2)3/h6-15,17-18,21,29,34H,5,16,19-20H2,1-4H3/b30-28-. The highest BCUT2D eigenvalue weighted by molar-refractivity contribution is 6.46. The van der Waals surface area contributed by atoms with Gasteiger partial charge in [0.1, 0.15) is 18.1 Å². The maximum atomic E-state index is 13.3. The van der Waals surface area contributed by atoms with E-state index in [0.717, 1.165) is 5.56 Å². The number of aliphatic hydroxyl groups excluding tert-OH is 1. The third-order valence-electron chi connectivity index (χ3n) is 6.44. The van der Waals surface area contributed by atoms with Crippen molar-refractivity contribution in [3.05, 3.63) is 95.1 Å². The van der Waals surface area contributed by atoms with Crippen LogP contribution in [0.1, 0.15) is 49.9 Å². The molecule has 1 saturated heterocycles. The first-order chi connectivity index (χ1) is 18.8. The molecule has 7 heteroatoms. The molecule has 1 fully saturated rings. The summed E-state index contributed by atoms with van der Waals surface area (Å²) in [5, 5.41) is 11.4. The zero-order valence-corrected chi connectivity index (χ0v) is 22.8. The van der Waals surface area contributed by atoms with Gasteiger partial charge >= 0.3 is 0 Å². The van der Waals surface area contributed by atoms with E-state index < -0.39 is 17.7 Å². The minimum atomic E-state index is -0.776. The molecule has 3 aromatic rings. The predicted molar refractivity (Wildman–Crippen MR) is 150 cm³/mol. The highest BCUT2D eigenvalue weighted by atomic mass is 16.5. The Balaban J connectivity index is 1.72. The van der Waals surface area contributed by atoms with Crippen LogP contribution in [0.4, 0.5) is 0 Å². The number of carbonyl (C=O) groups excluding carboxylic acids is 2. The topological polar surface area (TPSA) is 85.3 Å². The minimum Gasteiger partial charge on any atom is -0.507 e. The number of hydrogen-bond donors (Lipinski definition) is 1. The van der Waals surface area contributed by atoms with E-state index >= 15 is 0 Å². The van der Waals surface area contributed by atoms with Crippen molar-refractivity contribution in [2.75, 3.05) is 20.3 Å². The molecule has 204 valence electrons. The van der Waals surface area contributed by atoms with Gasteiger partial charge in [-0.2, -0.15) is 0 Å². The molecule has 1 atom stereocenters. The number of benzene rings is 3. The summed E-state index contributed by atoms with van der Waals surface area (Å²) in [6.07, 6.45) is 0.650. The lowest BCUT2D eigenvalue weighted by molar-refractivity contribution is -0.139. The number of Topliss-reactive ketones (excluding diaryl/α,β-unsaturated/α-hetero) is 1. The fourth-order valence-electron chi connectivity index (χ4n) is 4.56. The predicted octanol–water partition coefficient (Wildman–Crippen LogP) is 6.14. The Hall–Kier alpha value is -4.26. The van der Waals surface area contributed by atoms with Crippen molar-refractivity contribution >= 4 is 17.4 Å². The van der Waals surface area contributed by atoms with Crippen LogP contribution in [-0.2, 0) is 16.2 Å². The average molecular weight is 530 g/mol. The van der Waals surface area contributed by atoms with Crippen LogP contribution in [0.5, 0.6) is 17.2 Å². The van der Waals surface area contributed by atoms with Gasteiger partial charge in [-0.05, 0) is 47.7 Å². The van der Waals surface area contributed by atoms with E-state index in [1.165, 1.54) is 4.90 Å². The second-order valence-electron chi connectivity index (χ2n) is 9.91. The van der Waals surface area contributed by atoms with E-state index in [9.17, 15) is 14.7 Å². The van der Waals surface area contributed by atoms with E-state index in [2.05, 4.69) is 0 Å². The van der Waals surface area contributed by atoms with Gasteiger partial charge in [-0.25, -0.2) is 0 Å². The Morgan fingerprint density at radius 1 is 0.949 bits per heavy atom. The van der Waals surface area contributed by atoms with Crippen LogP contribution in [0.15, 0.2) is 78.4 Å². The molecule has 0 radical (unpaired) electrons. The molecule has 1 N–H and O–H groups in total. The smallest absolute Gasteiger partial charge is 0.295 e. The largest absolute Gasteiger partial charge is 0.507 e. The van der Waals surface area contributed by atoms with E-state index in [-0.39, 0.29) is 11.3 Å². The molecule has 4 rings (SSSR count). The number of ketones is 1. The van der Waals surface area contributed by atoms with Gasteiger partial charge in [-0.1, -0.05) is 69.3 Å². The van der Waals surface area contributed by atoms with Crippen LogP contribution in [0.3, 0.4) is 0 Å². The molecule has 1 aliphatic rings. The summed E-state index contributed by atoms with van der Waals surface area (Å²) in [6, 6.07) is 21.3. The van der Waals surface area contributed by atoms with Gasteiger partial charge in [-0.15, -0.1) is 0 Å². The minimum absolute atomic E-state index is 0.0365. The first-order valence-corrected chi connectivity index (χ1v) is 13.2. The summed E-state index contributed by atoms with van der Waals surface area (Å²) in [7, 11) is 1.54. The number of amides is 1. The molecule has 0 saturated carbocycles. The van der Waals surface area contributed by atoms with Gasteiger partial charge < -0.3 is 24.2 Å². The molecule has 0 aliphatic carbocycles. The van der Waals surface area contributed by atoms with Crippen molar-refractivity contribution < 1.29 is 28.9 Å². The molecule has 1 aliphatic heterocycles. The summed E-state index contributed by atoms with van der Waals surface area (Å²) in [4.78, 5) is 27.9. The Labute approximate surface area is 229 Å². The lowest BCUT2D eigenvalue weighted by atomic mass is 9.95. The Morgan fingerprint density at radius 3 is 2.41 bits per heavy atom. The highest BCUT2D eigenvalue weighted by Gasteiger charge is 2.46. The van der Waals surface area contributed by atoms with Crippen LogP contribution in [0, 0.1) is 5.92 Å². The fourth-order valence-corrected chi connectivity index (χ4v) is 4.56. The quantitative estimate of drug-likeness (QED) is 0.182. The van der Waals surface area contributed by atoms with E-state index in [4.69, 9.17) is 14.2 Å². The number of carbonyl (C=O) groups is 2. The Morgan fingerprint density at radius 2 is 1.72 bits per heavy atom. The lowest BCUT2D eigenvalue weighted by Crippen LogP contribution is -2.30. The van der Waals surface area contributed by atoms with Crippen molar-refractivity contribution in [1.29, 1.82) is 0 Å². The van der Waals surface area contributed by atoms with Crippen LogP contribution in [0.2, 0.25) is 0 Å². The fraction of sp³-hybridized carbons (Fsp3) is 0.312. The number of likely N-dealkylation sites (tertiary alicyclic amines) is 1. The number of aliphatic hydroxyl groups is 1. The number of methoxy groups -OCH3 is 1. The average Bonchev–Trinajstić information content (AvgIpc) is 3.20. The second-order valence-corrected chi connectivity index (χ2v) is 9.91. The van der Waals surface area contributed by atoms with E-state index in [1.807, 2.05) is 51.1 Å².